The van der Waals surface area contributed by atoms with Gasteiger partial charge in [0.1, 0.15) is 0 Å². The number of benzene rings is 4. The van der Waals surface area contributed by atoms with Crippen molar-refractivity contribution in [2.75, 3.05) is 0 Å². The number of aryl methyl sites for hydroxylation is 4. The topological polar surface area (TPSA) is 0 Å². The molecular weight excluding hydrogens is 446 g/mol. The Morgan fingerprint density at radius 2 is 0.529 bits per heavy atom. The SMILES string of the molecule is Cc1ccc(P(c2ccc(C)cc2)[C@H](C)[C@@H](C)P(c2ccc(C)cc2)c2ccc(C)cc2)cc1. The third kappa shape index (κ3) is 5.68. The van der Waals surface area contributed by atoms with E-state index in [2.05, 4.69) is 139 Å². The summed E-state index contributed by atoms with van der Waals surface area (Å²) in [5.74, 6) is 0. The zero-order valence-corrected chi connectivity index (χ0v) is 23.1. The van der Waals surface area contributed by atoms with Crippen molar-refractivity contribution < 1.29 is 0 Å². The molecule has 174 valence electrons. The molecule has 0 heterocycles. The Labute approximate surface area is 209 Å². The summed E-state index contributed by atoms with van der Waals surface area (Å²) in [6.45, 7) is 13.7. The zero-order chi connectivity index (χ0) is 24.2. The van der Waals surface area contributed by atoms with Gasteiger partial charge in [-0.1, -0.05) is 133 Å². The fraction of sp³-hybridized carbons (Fsp3) is 0.250. The standard InChI is InChI=1S/C32H36P2/c1-23-7-15-29(16-8-23)33(30-17-9-24(2)10-18-30)27(5)28(6)34(31-19-11-25(3)12-20-31)32-21-13-26(4)14-22-32/h7-22,27-28H,1-6H3/t27-,28-/m1/s1. The van der Waals surface area contributed by atoms with Gasteiger partial charge in [-0.25, -0.2) is 0 Å². The van der Waals surface area contributed by atoms with E-state index in [1.165, 1.54) is 43.5 Å². The Hall–Kier alpha value is -2.26. The monoisotopic (exact) mass is 482 g/mol. The Balaban J connectivity index is 1.79. The minimum atomic E-state index is -0.486. The first kappa shape index (κ1) is 24.9. The van der Waals surface area contributed by atoms with E-state index >= 15 is 0 Å². The maximum absolute atomic E-state index is 2.49. The minimum Gasteiger partial charge on any atom is -0.0587 e. The lowest BCUT2D eigenvalue weighted by atomic mass is 10.2. The maximum atomic E-state index is 2.49. The van der Waals surface area contributed by atoms with Gasteiger partial charge in [-0.05, 0) is 76.1 Å². The van der Waals surface area contributed by atoms with Crippen LogP contribution in [0.2, 0.25) is 0 Å². The van der Waals surface area contributed by atoms with E-state index in [0.717, 1.165) is 0 Å². The van der Waals surface area contributed by atoms with Crippen molar-refractivity contribution in [3.05, 3.63) is 119 Å². The number of hydrogen-bond acceptors (Lipinski definition) is 0. The van der Waals surface area contributed by atoms with Crippen molar-refractivity contribution in [3.8, 4) is 0 Å². The third-order valence-corrected chi connectivity index (χ3v) is 12.9. The third-order valence-electron chi connectivity index (χ3n) is 6.76. The van der Waals surface area contributed by atoms with Crippen LogP contribution in [0.25, 0.3) is 0 Å². The van der Waals surface area contributed by atoms with Crippen LogP contribution in [0, 0.1) is 27.7 Å². The Bertz CT molecular complexity index is 1000. The van der Waals surface area contributed by atoms with E-state index in [0.29, 0.717) is 11.3 Å². The zero-order valence-electron chi connectivity index (χ0n) is 21.3. The van der Waals surface area contributed by atoms with Gasteiger partial charge >= 0.3 is 0 Å². The largest absolute Gasteiger partial charge is 0.0587 e. The fourth-order valence-corrected chi connectivity index (χ4v) is 10.5. The van der Waals surface area contributed by atoms with Gasteiger partial charge in [-0.3, -0.25) is 0 Å². The maximum Gasteiger partial charge on any atom is -0.00861 e. The summed E-state index contributed by atoms with van der Waals surface area (Å²) >= 11 is 0. The van der Waals surface area contributed by atoms with Crippen LogP contribution in [-0.2, 0) is 0 Å². The normalized spacial score (nSPS) is 13.3. The molecule has 0 aromatic heterocycles. The molecule has 0 N–H and O–H groups in total. The smallest absolute Gasteiger partial charge is 0.00861 e. The van der Waals surface area contributed by atoms with Crippen molar-refractivity contribution in [2.24, 2.45) is 0 Å². The van der Waals surface area contributed by atoms with Crippen molar-refractivity contribution in [1.29, 1.82) is 0 Å². The highest BCUT2D eigenvalue weighted by Crippen LogP contribution is 2.51. The summed E-state index contributed by atoms with van der Waals surface area (Å²) in [7, 11) is -0.971. The summed E-state index contributed by atoms with van der Waals surface area (Å²) in [6.07, 6.45) is 0. The molecule has 4 aromatic rings. The highest BCUT2D eigenvalue weighted by Gasteiger charge is 2.32. The summed E-state index contributed by atoms with van der Waals surface area (Å²) in [5, 5.41) is 5.91. The quantitative estimate of drug-likeness (QED) is 0.243. The predicted octanol–water partition coefficient (Wildman–Crippen LogP) is 7.26. The van der Waals surface area contributed by atoms with Gasteiger partial charge in [0.25, 0.3) is 0 Å². The Morgan fingerprint density at radius 1 is 0.353 bits per heavy atom. The Morgan fingerprint density at radius 3 is 0.706 bits per heavy atom. The molecule has 0 fully saturated rings. The van der Waals surface area contributed by atoms with Gasteiger partial charge < -0.3 is 0 Å². The van der Waals surface area contributed by atoms with Crippen LogP contribution < -0.4 is 21.2 Å². The lowest BCUT2D eigenvalue weighted by Crippen LogP contribution is -2.31. The van der Waals surface area contributed by atoms with E-state index < -0.39 is 15.8 Å². The molecule has 0 nitrogen and oxygen atoms in total. The summed E-state index contributed by atoms with van der Waals surface area (Å²) < 4.78 is 0. The van der Waals surface area contributed by atoms with Gasteiger partial charge in [0, 0.05) is 0 Å². The van der Waals surface area contributed by atoms with Crippen molar-refractivity contribution >= 4 is 37.1 Å². The lowest BCUT2D eigenvalue weighted by molar-refractivity contribution is 0.912. The molecule has 0 aliphatic rings. The van der Waals surface area contributed by atoms with Crippen molar-refractivity contribution in [2.45, 2.75) is 52.9 Å². The molecule has 2 atom stereocenters. The molecule has 0 spiro atoms. The summed E-state index contributed by atoms with van der Waals surface area (Å²) in [4.78, 5) is 0. The van der Waals surface area contributed by atoms with E-state index in [1.54, 1.807) is 0 Å². The highest BCUT2D eigenvalue weighted by atomic mass is 31.1. The molecule has 0 unspecified atom stereocenters. The number of rotatable bonds is 7. The first-order valence-electron chi connectivity index (χ1n) is 12.2. The molecule has 4 aromatic carbocycles. The molecule has 0 aliphatic carbocycles. The predicted molar refractivity (Wildman–Crippen MR) is 156 cm³/mol. The molecule has 0 bridgehead atoms. The molecule has 0 amide bonds. The van der Waals surface area contributed by atoms with Gasteiger partial charge in [0.2, 0.25) is 0 Å². The second-order valence-electron chi connectivity index (χ2n) is 9.56. The molecule has 34 heavy (non-hydrogen) atoms. The van der Waals surface area contributed by atoms with Crippen LogP contribution in [-0.4, -0.2) is 11.3 Å². The summed E-state index contributed by atoms with van der Waals surface area (Å²) in [5.41, 5.74) is 6.37. The average Bonchev–Trinajstić information content (AvgIpc) is 2.84. The minimum absolute atomic E-state index is 0.486. The van der Waals surface area contributed by atoms with Crippen molar-refractivity contribution in [3.63, 3.8) is 0 Å². The van der Waals surface area contributed by atoms with Gasteiger partial charge in [0.15, 0.2) is 0 Å². The van der Waals surface area contributed by atoms with Gasteiger partial charge in [-0.15, -0.1) is 0 Å². The van der Waals surface area contributed by atoms with E-state index in [1.807, 2.05) is 0 Å². The highest BCUT2D eigenvalue weighted by molar-refractivity contribution is 7.77. The lowest BCUT2D eigenvalue weighted by Gasteiger charge is -2.36. The van der Waals surface area contributed by atoms with E-state index in [9.17, 15) is 0 Å². The van der Waals surface area contributed by atoms with E-state index in [-0.39, 0.29) is 0 Å². The van der Waals surface area contributed by atoms with Gasteiger partial charge in [-0.2, -0.15) is 0 Å². The molecule has 2 heteroatoms. The molecule has 0 saturated carbocycles. The summed E-state index contributed by atoms with van der Waals surface area (Å²) in [6, 6.07) is 37.1. The van der Waals surface area contributed by atoms with Crippen LogP contribution >= 0.6 is 15.8 Å². The molecule has 4 rings (SSSR count). The first-order chi connectivity index (χ1) is 16.3. The number of hydrogen-bond donors (Lipinski definition) is 0. The fourth-order valence-electron chi connectivity index (χ4n) is 4.49. The van der Waals surface area contributed by atoms with Gasteiger partial charge in [0.05, 0.1) is 0 Å². The van der Waals surface area contributed by atoms with Crippen molar-refractivity contribution in [1.82, 2.24) is 0 Å². The van der Waals surface area contributed by atoms with E-state index in [4.69, 9.17) is 0 Å². The van der Waals surface area contributed by atoms with Crippen LogP contribution in [0.3, 0.4) is 0 Å². The Kier molecular flexibility index (Phi) is 8.03. The molecule has 0 radical (unpaired) electrons. The van der Waals surface area contributed by atoms with Crippen LogP contribution in [0.4, 0.5) is 0 Å². The average molecular weight is 483 g/mol. The first-order valence-corrected chi connectivity index (χ1v) is 15.0. The molecular formula is C32H36P2. The second-order valence-corrected chi connectivity index (χ2v) is 14.7. The van der Waals surface area contributed by atoms with Crippen LogP contribution in [0.5, 0.6) is 0 Å². The van der Waals surface area contributed by atoms with Crippen LogP contribution in [0.1, 0.15) is 36.1 Å². The molecule has 0 saturated heterocycles. The molecule has 0 aliphatic heterocycles. The second kappa shape index (κ2) is 11.0. The van der Waals surface area contributed by atoms with Crippen LogP contribution in [0.15, 0.2) is 97.1 Å².